The second-order valence-electron chi connectivity index (χ2n) is 6.87. The second kappa shape index (κ2) is 8.97. The van der Waals surface area contributed by atoms with Crippen LogP contribution in [0.1, 0.15) is 80.1 Å². The lowest BCUT2D eigenvalue weighted by Gasteiger charge is -2.27. The van der Waals surface area contributed by atoms with Crippen LogP contribution in [0.3, 0.4) is 0 Å². The quantitative estimate of drug-likeness (QED) is 0.530. The molecule has 0 aromatic rings. The fourth-order valence-corrected chi connectivity index (χ4v) is 2.08. The molecule has 1 heteroatoms. The minimum atomic E-state index is 0.460. The smallest absolute Gasteiger partial charge is 0.00390 e. The summed E-state index contributed by atoms with van der Waals surface area (Å²) in [6, 6.07) is 0.669. The van der Waals surface area contributed by atoms with Crippen molar-refractivity contribution >= 4 is 0 Å². The van der Waals surface area contributed by atoms with Gasteiger partial charge in [0.1, 0.15) is 0 Å². The highest BCUT2D eigenvalue weighted by molar-refractivity contribution is 4.74. The first-order chi connectivity index (χ1) is 7.87. The summed E-state index contributed by atoms with van der Waals surface area (Å²) in [6.45, 7) is 15.2. The third kappa shape index (κ3) is 10.8. The van der Waals surface area contributed by atoms with Gasteiger partial charge in [-0.2, -0.15) is 0 Å². The minimum absolute atomic E-state index is 0.460. The fourth-order valence-electron chi connectivity index (χ4n) is 2.08. The predicted molar refractivity (Wildman–Crippen MR) is 79.5 cm³/mol. The molecule has 1 N–H and O–H groups in total. The van der Waals surface area contributed by atoms with Crippen molar-refractivity contribution in [3.8, 4) is 0 Å². The third-order valence-electron chi connectivity index (χ3n) is 3.56. The molecule has 0 aromatic heterocycles. The Morgan fingerprint density at radius 2 is 1.65 bits per heavy atom. The lowest BCUT2D eigenvalue weighted by molar-refractivity contribution is 0.283. The molecule has 1 atom stereocenters. The highest BCUT2D eigenvalue weighted by Gasteiger charge is 2.17. The van der Waals surface area contributed by atoms with Crippen molar-refractivity contribution in [2.75, 3.05) is 6.54 Å². The predicted octanol–water partition coefficient (Wildman–Crippen LogP) is 5.01. The largest absolute Gasteiger partial charge is 0.314 e. The molecule has 0 aromatic carbocycles. The van der Waals surface area contributed by atoms with E-state index in [0.717, 1.165) is 12.5 Å². The van der Waals surface area contributed by atoms with Gasteiger partial charge in [0, 0.05) is 12.6 Å². The summed E-state index contributed by atoms with van der Waals surface area (Å²) in [5.74, 6) is 0.830. The van der Waals surface area contributed by atoms with E-state index in [4.69, 9.17) is 0 Å². The van der Waals surface area contributed by atoms with Crippen molar-refractivity contribution in [1.29, 1.82) is 0 Å². The molecule has 1 nitrogen and oxygen atoms in total. The van der Waals surface area contributed by atoms with Gasteiger partial charge in [-0.05, 0) is 37.5 Å². The first-order valence-corrected chi connectivity index (χ1v) is 7.60. The molecule has 0 bridgehead atoms. The molecule has 104 valence electrons. The molecule has 0 aliphatic heterocycles. The van der Waals surface area contributed by atoms with Gasteiger partial charge in [0.15, 0.2) is 0 Å². The van der Waals surface area contributed by atoms with Gasteiger partial charge in [-0.25, -0.2) is 0 Å². The second-order valence-corrected chi connectivity index (χ2v) is 6.87. The average Bonchev–Trinajstić information content (AvgIpc) is 2.24. The van der Waals surface area contributed by atoms with E-state index in [0.29, 0.717) is 11.5 Å². The molecule has 0 saturated carbocycles. The SMILES string of the molecule is CCCCCC(C)(C)CNC(C)CCC(C)C. The number of nitrogens with one attached hydrogen (secondary N) is 1. The van der Waals surface area contributed by atoms with Gasteiger partial charge in [-0.3, -0.25) is 0 Å². The standard InChI is InChI=1S/C16H35N/c1-7-8-9-12-16(5,6)13-17-15(4)11-10-14(2)3/h14-15,17H,7-13H2,1-6H3. The molecule has 0 radical (unpaired) electrons. The Labute approximate surface area is 110 Å². The number of rotatable bonds is 10. The van der Waals surface area contributed by atoms with Crippen LogP contribution in [0.25, 0.3) is 0 Å². The maximum atomic E-state index is 3.71. The zero-order chi connectivity index (χ0) is 13.3. The Balaban J connectivity index is 3.68. The van der Waals surface area contributed by atoms with E-state index in [1.165, 1.54) is 38.5 Å². The molecule has 0 heterocycles. The van der Waals surface area contributed by atoms with Crippen molar-refractivity contribution in [3.63, 3.8) is 0 Å². The van der Waals surface area contributed by atoms with Gasteiger partial charge in [0.2, 0.25) is 0 Å². The van der Waals surface area contributed by atoms with Crippen LogP contribution in [0.4, 0.5) is 0 Å². The van der Waals surface area contributed by atoms with Gasteiger partial charge in [0.25, 0.3) is 0 Å². The summed E-state index contributed by atoms with van der Waals surface area (Å²) in [5, 5.41) is 3.71. The average molecular weight is 241 g/mol. The first kappa shape index (κ1) is 17.0. The van der Waals surface area contributed by atoms with Crippen LogP contribution in [0.2, 0.25) is 0 Å². The summed E-state index contributed by atoms with van der Waals surface area (Å²) in [7, 11) is 0. The van der Waals surface area contributed by atoms with Gasteiger partial charge < -0.3 is 5.32 Å². The van der Waals surface area contributed by atoms with Crippen molar-refractivity contribution < 1.29 is 0 Å². The summed E-state index contributed by atoms with van der Waals surface area (Å²) in [6.07, 6.45) is 8.09. The Morgan fingerprint density at radius 3 is 2.18 bits per heavy atom. The van der Waals surface area contributed by atoms with E-state index in [1.54, 1.807) is 0 Å². The highest BCUT2D eigenvalue weighted by Crippen LogP contribution is 2.23. The normalized spacial score (nSPS) is 14.3. The molecule has 0 aliphatic rings. The molecule has 0 spiro atoms. The Bertz CT molecular complexity index is 172. The number of hydrogen-bond donors (Lipinski definition) is 1. The maximum absolute atomic E-state index is 3.71. The number of hydrogen-bond acceptors (Lipinski definition) is 1. The topological polar surface area (TPSA) is 12.0 Å². The van der Waals surface area contributed by atoms with E-state index >= 15 is 0 Å². The Hall–Kier alpha value is -0.0400. The van der Waals surface area contributed by atoms with E-state index in [-0.39, 0.29) is 0 Å². The summed E-state index contributed by atoms with van der Waals surface area (Å²) in [5.41, 5.74) is 0.460. The van der Waals surface area contributed by atoms with Crippen LogP contribution in [-0.4, -0.2) is 12.6 Å². The Kier molecular flexibility index (Phi) is 8.94. The van der Waals surface area contributed by atoms with Crippen LogP contribution in [0.5, 0.6) is 0 Å². The lowest BCUT2D eigenvalue weighted by Crippen LogP contribution is -2.35. The fraction of sp³-hybridized carbons (Fsp3) is 1.00. The molecule has 0 amide bonds. The van der Waals surface area contributed by atoms with E-state index in [1.807, 2.05) is 0 Å². The van der Waals surface area contributed by atoms with E-state index in [9.17, 15) is 0 Å². The van der Waals surface area contributed by atoms with Crippen LogP contribution < -0.4 is 5.32 Å². The molecule has 0 saturated heterocycles. The third-order valence-corrected chi connectivity index (χ3v) is 3.56. The van der Waals surface area contributed by atoms with Crippen molar-refractivity contribution in [2.45, 2.75) is 86.1 Å². The van der Waals surface area contributed by atoms with Crippen LogP contribution in [0.15, 0.2) is 0 Å². The molecular formula is C16H35N. The highest BCUT2D eigenvalue weighted by atomic mass is 14.9. The molecule has 0 rings (SSSR count). The number of unbranched alkanes of at least 4 members (excludes halogenated alkanes) is 2. The Morgan fingerprint density at radius 1 is 1.00 bits per heavy atom. The van der Waals surface area contributed by atoms with Gasteiger partial charge in [-0.15, -0.1) is 0 Å². The minimum Gasteiger partial charge on any atom is -0.314 e. The maximum Gasteiger partial charge on any atom is 0.00390 e. The molecule has 17 heavy (non-hydrogen) atoms. The van der Waals surface area contributed by atoms with E-state index in [2.05, 4.69) is 46.9 Å². The summed E-state index contributed by atoms with van der Waals surface area (Å²) >= 11 is 0. The molecule has 0 fully saturated rings. The summed E-state index contributed by atoms with van der Waals surface area (Å²) < 4.78 is 0. The van der Waals surface area contributed by atoms with Gasteiger partial charge >= 0.3 is 0 Å². The zero-order valence-corrected chi connectivity index (χ0v) is 13.1. The first-order valence-electron chi connectivity index (χ1n) is 7.60. The van der Waals surface area contributed by atoms with Crippen molar-refractivity contribution in [2.24, 2.45) is 11.3 Å². The van der Waals surface area contributed by atoms with Crippen LogP contribution >= 0.6 is 0 Å². The summed E-state index contributed by atoms with van der Waals surface area (Å²) in [4.78, 5) is 0. The lowest BCUT2D eigenvalue weighted by atomic mass is 9.86. The van der Waals surface area contributed by atoms with Gasteiger partial charge in [-0.1, -0.05) is 53.9 Å². The molecular weight excluding hydrogens is 206 g/mol. The van der Waals surface area contributed by atoms with E-state index < -0.39 is 0 Å². The molecule has 1 unspecified atom stereocenters. The van der Waals surface area contributed by atoms with Gasteiger partial charge in [0.05, 0.1) is 0 Å². The van der Waals surface area contributed by atoms with Crippen LogP contribution in [0, 0.1) is 11.3 Å². The monoisotopic (exact) mass is 241 g/mol. The van der Waals surface area contributed by atoms with Crippen LogP contribution in [-0.2, 0) is 0 Å². The van der Waals surface area contributed by atoms with Crippen molar-refractivity contribution in [1.82, 2.24) is 5.32 Å². The van der Waals surface area contributed by atoms with Crippen molar-refractivity contribution in [3.05, 3.63) is 0 Å². The zero-order valence-electron chi connectivity index (χ0n) is 13.1. The molecule has 0 aliphatic carbocycles.